The van der Waals surface area contributed by atoms with E-state index in [4.69, 9.17) is 5.11 Å². The number of carbonyl (C=O) groups excluding carboxylic acids is 1. The lowest BCUT2D eigenvalue weighted by Gasteiger charge is -2.10. The average molecular weight is 286 g/mol. The molecule has 1 heterocycles. The van der Waals surface area contributed by atoms with Crippen molar-refractivity contribution in [1.82, 2.24) is 20.1 Å². The highest BCUT2D eigenvalue weighted by molar-refractivity contribution is 7.99. The summed E-state index contributed by atoms with van der Waals surface area (Å²) < 4.78 is 1.61. The highest BCUT2D eigenvalue weighted by atomic mass is 32.2. The number of thioether (sulfide) groups is 1. The third kappa shape index (κ3) is 5.29. The molecule has 0 fully saturated rings. The third-order valence-electron chi connectivity index (χ3n) is 2.24. The van der Waals surface area contributed by atoms with E-state index in [0.717, 1.165) is 11.8 Å². The Morgan fingerprint density at radius 1 is 1.42 bits per heavy atom. The summed E-state index contributed by atoms with van der Waals surface area (Å²) >= 11 is 1.05. The van der Waals surface area contributed by atoms with Gasteiger partial charge in [-0.2, -0.15) is 0 Å². The van der Waals surface area contributed by atoms with Crippen molar-refractivity contribution in [3.8, 4) is 0 Å². The van der Waals surface area contributed by atoms with E-state index in [-0.39, 0.29) is 18.2 Å². The molecule has 7 nitrogen and oxygen atoms in total. The minimum absolute atomic E-state index is 0.105. The van der Waals surface area contributed by atoms with E-state index >= 15 is 0 Å². The Labute approximate surface area is 115 Å². The van der Waals surface area contributed by atoms with Crippen molar-refractivity contribution < 1.29 is 14.7 Å². The molecule has 0 aliphatic rings. The van der Waals surface area contributed by atoms with E-state index in [9.17, 15) is 9.59 Å². The molecular formula is C11H18N4O3S. The van der Waals surface area contributed by atoms with Crippen molar-refractivity contribution in [3.63, 3.8) is 0 Å². The Bertz CT molecular complexity index is 459. The van der Waals surface area contributed by atoms with E-state index in [1.807, 2.05) is 13.8 Å². The van der Waals surface area contributed by atoms with E-state index in [2.05, 4.69) is 15.5 Å². The average Bonchev–Trinajstić information content (AvgIpc) is 2.66. The van der Waals surface area contributed by atoms with E-state index < -0.39 is 5.97 Å². The van der Waals surface area contributed by atoms with Crippen LogP contribution in [0.15, 0.2) is 5.16 Å². The Hall–Kier alpha value is -1.57. The third-order valence-corrected chi connectivity index (χ3v) is 3.19. The molecule has 0 aliphatic carbocycles. The van der Waals surface area contributed by atoms with Crippen molar-refractivity contribution in [2.75, 3.05) is 12.3 Å². The molecule has 0 spiro atoms. The number of hydrogen-bond donors (Lipinski definition) is 2. The molecular weight excluding hydrogens is 268 g/mol. The van der Waals surface area contributed by atoms with Crippen LogP contribution >= 0.6 is 11.8 Å². The van der Waals surface area contributed by atoms with Crippen molar-refractivity contribution in [1.29, 1.82) is 0 Å². The Morgan fingerprint density at radius 2 is 2.11 bits per heavy atom. The molecule has 8 heteroatoms. The maximum atomic E-state index is 11.7. The summed E-state index contributed by atoms with van der Waals surface area (Å²) in [4.78, 5) is 22.3. The smallest absolute Gasteiger partial charge is 0.313 e. The first-order valence-corrected chi connectivity index (χ1v) is 6.89. The highest BCUT2D eigenvalue weighted by Gasteiger charge is 2.14. The first-order chi connectivity index (χ1) is 8.90. The SMILES string of the molecule is Cc1nnc(SCC(=O)O)n1CC(=O)NCC(C)C. The van der Waals surface area contributed by atoms with Crippen LogP contribution in [0.4, 0.5) is 0 Å². The second-order valence-electron chi connectivity index (χ2n) is 4.50. The van der Waals surface area contributed by atoms with Crippen molar-refractivity contribution in [3.05, 3.63) is 5.82 Å². The number of carbonyl (C=O) groups is 2. The lowest BCUT2D eigenvalue weighted by molar-refractivity contribution is -0.133. The van der Waals surface area contributed by atoms with Gasteiger partial charge < -0.3 is 10.4 Å². The Balaban J connectivity index is 2.63. The van der Waals surface area contributed by atoms with Crippen LogP contribution in [0.1, 0.15) is 19.7 Å². The number of carboxylic acids is 1. The van der Waals surface area contributed by atoms with Crippen molar-refractivity contribution >= 4 is 23.6 Å². The molecule has 0 aliphatic heterocycles. The number of aryl methyl sites for hydroxylation is 1. The molecule has 1 amide bonds. The van der Waals surface area contributed by atoms with Crippen LogP contribution in [-0.4, -0.2) is 44.0 Å². The monoisotopic (exact) mass is 286 g/mol. The summed E-state index contributed by atoms with van der Waals surface area (Å²) in [5, 5.41) is 19.6. The fourth-order valence-corrected chi connectivity index (χ4v) is 2.00. The van der Waals surface area contributed by atoms with E-state index in [1.165, 1.54) is 0 Å². The number of amides is 1. The maximum Gasteiger partial charge on any atom is 0.313 e. The van der Waals surface area contributed by atoms with Gasteiger partial charge in [-0.3, -0.25) is 14.2 Å². The molecule has 0 aromatic carbocycles. The fourth-order valence-electron chi connectivity index (χ4n) is 1.29. The molecule has 106 valence electrons. The predicted molar refractivity (Wildman–Crippen MR) is 71.0 cm³/mol. The standard InChI is InChI=1S/C11H18N4O3S/c1-7(2)4-12-9(16)5-15-8(3)13-14-11(15)19-6-10(17)18/h7H,4-6H2,1-3H3,(H,12,16)(H,17,18). The number of hydrogen-bond acceptors (Lipinski definition) is 5. The van der Waals surface area contributed by atoms with Gasteiger partial charge in [0.25, 0.3) is 0 Å². The van der Waals surface area contributed by atoms with Gasteiger partial charge in [-0.05, 0) is 12.8 Å². The molecule has 0 saturated heterocycles. The zero-order valence-corrected chi connectivity index (χ0v) is 12.0. The lowest BCUT2D eigenvalue weighted by atomic mass is 10.2. The van der Waals surface area contributed by atoms with Crippen molar-refractivity contribution in [2.24, 2.45) is 5.92 Å². The largest absolute Gasteiger partial charge is 0.481 e. The normalized spacial score (nSPS) is 10.7. The molecule has 0 saturated carbocycles. The number of carboxylic acid groups (broad SMARTS) is 1. The summed E-state index contributed by atoms with van der Waals surface area (Å²) in [5.74, 6) is -0.194. The fraction of sp³-hybridized carbons (Fsp3) is 0.636. The zero-order chi connectivity index (χ0) is 14.4. The molecule has 1 aromatic heterocycles. The van der Waals surface area contributed by atoms with Gasteiger partial charge in [0.1, 0.15) is 12.4 Å². The van der Waals surface area contributed by atoms with Gasteiger partial charge in [-0.25, -0.2) is 0 Å². The van der Waals surface area contributed by atoms with Crippen LogP contribution in [-0.2, 0) is 16.1 Å². The van der Waals surface area contributed by atoms with Gasteiger partial charge in [-0.15, -0.1) is 10.2 Å². The summed E-state index contributed by atoms with van der Waals surface area (Å²) in [6.07, 6.45) is 0. The number of aromatic nitrogens is 3. The predicted octanol–water partition coefficient (Wildman–Crippen LogP) is 0.535. The van der Waals surface area contributed by atoms with Crippen LogP contribution in [0.25, 0.3) is 0 Å². The summed E-state index contributed by atoms with van der Waals surface area (Å²) in [7, 11) is 0. The van der Waals surface area contributed by atoms with Gasteiger partial charge in [0, 0.05) is 6.54 Å². The van der Waals surface area contributed by atoms with Crippen LogP contribution < -0.4 is 5.32 Å². The van der Waals surface area contributed by atoms with Gasteiger partial charge in [0.2, 0.25) is 5.91 Å². The molecule has 1 rings (SSSR count). The quantitative estimate of drug-likeness (QED) is 0.710. The second kappa shape index (κ2) is 7.13. The number of aliphatic carboxylic acids is 1. The van der Waals surface area contributed by atoms with E-state index in [0.29, 0.717) is 23.4 Å². The topological polar surface area (TPSA) is 97.1 Å². The number of nitrogens with one attached hydrogen (secondary N) is 1. The minimum atomic E-state index is -0.929. The first-order valence-electron chi connectivity index (χ1n) is 5.91. The highest BCUT2D eigenvalue weighted by Crippen LogP contribution is 2.16. The maximum absolute atomic E-state index is 11.7. The second-order valence-corrected chi connectivity index (χ2v) is 5.44. The van der Waals surface area contributed by atoms with Gasteiger partial charge in [-0.1, -0.05) is 25.6 Å². The Morgan fingerprint density at radius 3 is 2.68 bits per heavy atom. The summed E-state index contributed by atoms with van der Waals surface area (Å²) in [6, 6.07) is 0. The molecule has 19 heavy (non-hydrogen) atoms. The zero-order valence-electron chi connectivity index (χ0n) is 11.2. The van der Waals surface area contributed by atoms with Crippen LogP contribution in [0, 0.1) is 12.8 Å². The van der Waals surface area contributed by atoms with Crippen molar-refractivity contribution in [2.45, 2.75) is 32.5 Å². The Kier molecular flexibility index (Phi) is 5.81. The summed E-state index contributed by atoms with van der Waals surface area (Å²) in [6.45, 7) is 6.47. The lowest BCUT2D eigenvalue weighted by Crippen LogP contribution is -2.31. The number of nitrogens with zero attached hydrogens (tertiary/aromatic N) is 3. The minimum Gasteiger partial charge on any atom is -0.481 e. The number of rotatable bonds is 7. The van der Waals surface area contributed by atoms with Gasteiger partial charge in [0.15, 0.2) is 5.16 Å². The molecule has 0 bridgehead atoms. The first kappa shape index (κ1) is 15.5. The van der Waals surface area contributed by atoms with Crippen LogP contribution in [0.2, 0.25) is 0 Å². The molecule has 0 atom stereocenters. The molecule has 0 unspecified atom stereocenters. The van der Waals surface area contributed by atoms with Gasteiger partial charge >= 0.3 is 5.97 Å². The van der Waals surface area contributed by atoms with E-state index in [1.54, 1.807) is 11.5 Å². The molecule has 1 aromatic rings. The van der Waals surface area contributed by atoms with Gasteiger partial charge in [0.05, 0.1) is 5.75 Å². The molecule has 0 radical (unpaired) electrons. The van der Waals surface area contributed by atoms with Crippen LogP contribution in [0.3, 0.4) is 0 Å². The summed E-state index contributed by atoms with van der Waals surface area (Å²) in [5.41, 5.74) is 0. The molecule has 2 N–H and O–H groups in total. The van der Waals surface area contributed by atoms with Crippen LogP contribution in [0.5, 0.6) is 0 Å².